The van der Waals surface area contributed by atoms with Gasteiger partial charge in [-0.25, -0.2) is 0 Å². The molecule has 3 heteroatoms. The number of hydrogen-bond donors (Lipinski definition) is 0. The molecule has 0 aromatic heterocycles. The number of benzene rings is 5. The van der Waals surface area contributed by atoms with Gasteiger partial charge >= 0.3 is 0 Å². The zero-order valence-electron chi connectivity index (χ0n) is 18.9. The largest absolute Gasteiger partial charge is 0.0726 e. The molecule has 2 aliphatic carbocycles. The summed E-state index contributed by atoms with van der Waals surface area (Å²) in [5.74, 6) is 0. The van der Waals surface area contributed by atoms with Crippen LogP contribution in [0.2, 0.25) is 0 Å². The Kier molecular flexibility index (Phi) is 4.84. The van der Waals surface area contributed by atoms with Crippen LogP contribution in [0.4, 0.5) is 0 Å². The van der Waals surface area contributed by atoms with Gasteiger partial charge in [0, 0.05) is 13.4 Å². The summed E-state index contributed by atoms with van der Waals surface area (Å²) in [7, 11) is 0. The highest BCUT2D eigenvalue weighted by Gasteiger charge is 2.49. The molecule has 0 aliphatic heterocycles. The second kappa shape index (κ2) is 7.77. The fourth-order valence-corrected chi connectivity index (χ4v) is 7.19. The Morgan fingerprint density at radius 1 is 0.571 bits per heavy atom. The van der Waals surface area contributed by atoms with E-state index >= 15 is 0 Å². The Morgan fingerprint density at radius 2 is 1.23 bits per heavy atom. The van der Waals surface area contributed by atoms with E-state index in [-0.39, 0.29) is 0 Å². The lowest BCUT2D eigenvalue weighted by molar-refractivity contribution is 0.764. The van der Waals surface area contributed by atoms with Crippen molar-refractivity contribution in [2.75, 3.05) is 0 Å². The molecule has 0 radical (unpaired) electrons. The summed E-state index contributed by atoms with van der Waals surface area (Å²) in [5, 5.41) is 2.57. The van der Waals surface area contributed by atoms with Crippen molar-refractivity contribution >= 4 is 70.7 Å². The minimum atomic E-state index is -0.441. The van der Waals surface area contributed by atoms with Gasteiger partial charge < -0.3 is 0 Å². The van der Waals surface area contributed by atoms with Gasteiger partial charge in [0.25, 0.3) is 0 Å². The maximum atomic E-state index is 3.88. The van der Waals surface area contributed by atoms with Gasteiger partial charge in [-0.15, -0.1) is 0 Å². The SMILES string of the molecule is Cc1cc2c(cc1Br)C1(c3cc(Br)c(Br)cc3C=C2)c2ccccc2-c2c1ccc1ccccc21. The van der Waals surface area contributed by atoms with Gasteiger partial charge in [-0.2, -0.15) is 0 Å². The highest BCUT2D eigenvalue weighted by Crippen LogP contribution is 2.60. The number of rotatable bonds is 0. The lowest BCUT2D eigenvalue weighted by Gasteiger charge is -2.36. The Morgan fingerprint density at radius 3 is 2.06 bits per heavy atom. The molecule has 0 fully saturated rings. The third-order valence-corrected chi connectivity index (χ3v) is 10.3. The first-order valence-corrected chi connectivity index (χ1v) is 14.0. The van der Waals surface area contributed by atoms with Crippen LogP contribution in [0.1, 0.15) is 38.9 Å². The second-order valence-corrected chi connectivity index (χ2v) is 11.9. The van der Waals surface area contributed by atoms with Crippen LogP contribution in [0, 0.1) is 6.92 Å². The van der Waals surface area contributed by atoms with Gasteiger partial charge in [0.2, 0.25) is 0 Å². The summed E-state index contributed by atoms with van der Waals surface area (Å²) in [4.78, 5) is 0. The van der Waals surface area contributed by atoms with E-state index < -0.39 is 5.41 Å². The summed E-state index contributed by atoms with van der Waals surface area (Å²) in [6, 6.07) is 31.6. The van der Waals surface area contributed by atoms with E-state index in [1.807, 2.05) is 0 Å². The summed E-state index contributed by atoms with van der Waals surface area (Å²) in [6.45, 7) is 2.17. The molecule has 1 unspecified atom stereocenters. The minimum Gasteiger partial charge on any atom is -0.0619 e. The first-order chi connectivity index (χ1) is 17.0. The van der Waals surface area contributed by atoms with E-state index in [0.29, 0.717) is 0 Å². The van der Waals surface area contributed by atoms with Crippen LogP contribution in [-0.4, -0.2) is 0 Å². The fraction of sp³-hybridized carbons (Fsp3) is 0.0625. The van der Waals surface area contributed by atoms with Crippen molar-refractivity contribution in [3.8, 4) is 11.1 Å². The van der Waals surface area contributed by atoms with E-state index in [1.165, 1.54) is 60.8 Å². The zero-order valence-corrected chi connectivity index (χ0v) is 23.6. The summed E-state index contributed by atoms with van der Waals surface area (Å²) in [5.41, 5.74) is 11.2. The van der Waals surface area contributed by atoms with Gasteiger partial charge in [-0.1, -0.05) is 94.8 Å². The number of halogens is 3. The van der Waals surface area contributed by atoms with Crippen molar-refractivity contribution in [3.05, 3.63) is 137 Å². The molecule has 5 aromatic rings. The van der Waals surface area contributed by atoms with Gasteiger partial charge in [-0.3, -0.25) is 0 Å². The van der Waals surface area contributed by atoms with Crippen molar-refractivity contribution in [2.45, 2.75) is 12.3 Å². The molecular formula is C32H19Br3. The predicted molar refractivity (Wildman–Crippen MR) is 158 cm³/mol. The Labute approximate surface area is 230 Å². The quantitative estimate of drug-likeness (QED) is 0.154. The molecule has 0 heterocycles. The van der Waals surface area contributed by atoms with Crippen LogP contribution in [-0.2, 0) is 5.41 Å². The molecule has 7 rings (SSSR count). The zero-order chi connectivity index (χ0) is 23.9. The van der Waals surface area contributed by atoms with E-state index in [0.717, 1.165) is 13.4 Å². The smallest absolute Gasteiger partial charge is 0.0619 e. The van der Waals surface area contributed by atoms with Crippen molar-refractivity contribution in [1.82, 2.24) is 0 Å². The van der Waals surface area contributed by atoms with Crippen LogP contribution >= 0.6 is 47.8 Å². The third-order valence-electron chi connectivity index (χ3n) is 7.61. The first-order valence-electron chi connectivity index (χ1n) is 11.6. The van der Waals surface area contributed by atoms with Crippen LogP contribution in [0.25, 0.3) is 34.1 Å². The molecule has 0 N–H and O–H groups in total. The summed E-state index contributed by atoms with van der Waals surface area (Å²) < 4.78 is 3.25. The molecule has 0 saturated carbocycles. The lowest BCUT2D eigenvalue weighted by Crippen LogP contribution is -2.30. The number of aryl methyl sites for hydroxylation is 1. The average molecular weight is 643 g/mol. The van der Waals surface area contributed by atoms with Crippen LogP contribution < -0.4 is 0 Å². The highest BCUT2D eigenvalue weighted by molar-refractivity contribution is 9.13. The van der Waals surface area contributed by atoms with Gasteiger partial charge in [0.15, 0.2) is 0 Å². The van der Waals surface area contributed by atoms with Crippen molar-refractivity contribution in [1.29, 1.82) is 0 Å². The topological polar surface area (TPSA) is 0 Å². The second-order valence-electron chi connectivity index (χ2n) is 9.38. The molecule has 0 saturated heterocycles. The molecule has 0 bridgehead atoms. The first kappa shape index (κ1) is 21.8. The number of hydrogen-bond acceptors (Lipinski definition) is 0. The molecule has 1 spiro atoms. The maximum absolute atomic E-state index is 3.88. The summed E-state index contributed by atoms with van der Waals surface area (Å²) in [6.07, 6.45) is 4.56. The molecule has 168 valence electrons. The normalized spacial score (nSPS) is 17.1. The lowest BCUT2D eigenvalue weighted by atomic mass is 9.66. The fourth-order valence-electron chi connectivity index (χ4n) is 6.14. The maximum Gasteiger partial charge on any atom is 0.0726 e. The van der Waals surface area contributed by atoms with Gasteiger partial charge in [0.1, 0.15) is 0 Å². The van der Waals surface area contributed by atoms with Crippen LogP contribution in [0.15, 0.2) is 98.3 Å². The van der Waals surface area contributed by atoms with Crippen molar-refractivity contribution in [3.63, 3.8) is 0 Å². The highest BCUT2D eigenvalue weighted by atomic mass is 79.9. The molecule has 0 amide bonds. The van der Waals surface area contributed by atoms with Crippen LogP contribution in [0.5, 0.6) is 0 Å². The van der Waals surface area contributed by atoms with Crippen LogP contribution in [0.3, 0.4) is 0 Å². The standard InChI is InChI=1S/C32H19Br3/c1-18-14-20-10-11-21-15-29(34)30(35)17-27(21)32(26(20)16-28(18)33)24-9-5-4-8-23(24)31-22-7-3-2-6-19(22)12-13-25(31)32/h2-17H,1H3. The predicted octanol–water partition coefficient (Wildman–Crippen LogP) is 10.3. The Bertz CT molecular complexity index is 1680. The third kappa shape index (κ3) is 2.89. The Balaban J connectivity index is 1.76. The molecular weight excluding hydrogens is 624 g/mol. The average Bonchev–Trinajstić information content (AvgIpc) is 3.10. The van der Waals surface area contributed by atoms with Gasteiger partial charge in [0.05, 0.1) is 5.41 Å². The van der Waals surface area contributed by atoms with Crippen molar-refractivity contribution < 1.29 is 0 Å². The van der Waals surface area contributed by atoms with E-state index in [9.17, 15) is 0 Å². The van der Waals surface area contributed by atoms with E-state index in [4.69, 9.17) is 0 Å². The summed E-state index contributed by atoms with van der Waals surface area (Å²) >= 11 is 11.5. The van der Waals surface area contributed by atoms with E-state index in [2.05, 4.69) is 152 Å². The van der Waals surface area contributed by atoms with E-state index in [1.54, 1.807) is 0 Å². The Hall–Kier alpha value is -2.46. The molecule has 0 nitrogen and oxygen atoms in total. The van der Waals surface area contributed by atoms with Crippen molar-refractivity contribution in [2.24, 2.45) is 0 Å². The van der Waals surface area contributed by atoms with Gasteiger partial charge in [-0.05, 0) is 118 Å². The minimum absolute atomic E-state index is 0.441. The monoisotopic (exact) mass is 640 g/mol. The molecule has 5 aromatic carbocycles. The number of fused-ring (bicyclic) bond motifs is 11. The molecule has 1 atom stereocenters. The molecule has 2 aliphatic rings. The molecule has 35 heavy (non-hydrogen) atoms.